The van der Waals surface area contributed by atoms with Crippen LogP contribution in [0.2, 0.25) is 0 Å². The van der Waals surface area contributed by atoms with Crippen molar-refractivity contribution in [3.8, 4) is 0 Å². The van der Waals surface area contributed by atoms with Gasteiger partial charge in [0, 0.05) is 16.9 Å². The molecular weight excluding hydrogens is 479 g/mol. The second-order valence-corrected chi connectivity index (χ2v) is 13.1. The molecular formula is C24H34BN6S3. The van der Waals surface area contributed by atoms with Gasteiger partial charge in [-0.1, -0.05) is 78.2 Å². The fraction of sp³-hybridized carbons (Fsp3) is 0.500. The van der Waals surface area contributed by atoms with E-state index in [-0.39, 0.29) is 16.2 Å². The quantitative estimate of drug-likeness (QED) is 0.416. The van der Waals surface area contributed by atoms with Gasteiger partial charge in [-0.3, -0.25) is 0 Å². The Kier molecular flexibility index (Phi) is 7.19. The Labute approximate surface area is 218 Å². The number of hydrazone groups is 1. The lowest BCUT2D eigenvalue weighted by Gasteiger charge is -2.34. The van der Waals surface area contributed by atoms with Gasteiger partial charge in [-0.05, 0) is 51.1 Å². The van der Waals surface area contributed by atoms with E-state index in [1.165, 1.54) is 0 Å². The number of thiocarbonyl (C=S) groups is 1. The smallest absolute Gasteiger partial charge is 0.378 e. The van der Waals surface area contributed by atoms with Gasteiger partial charge in [0.1, 0.15) is 10.1 Å². The molecule has 0 saturated carbocycles. The van der Waals surface area contributed by atoms with Crippen LogP contribution in [0.5, 0.6) is 0 Å². The molecule has 34 heavy (non-hydrogen) atoms. The number of hydrogen-bond acceptors (Lipinski definition) is 6. The van der Waals surface area contributed by atoms with Gasteiger partial charge < -0.3 is 9.19 Å². The first kappa shape index (κ1) is 26.6. The van der Waals surface area contributed by atoms with Crippen LogP contribution in [0.4, 0.5) is 0 Å². The zero-order valence-electron chi connectivity index (χ0n) is 21.6. The third kappa shape index (κ3) is 5.61. The van der Waals surface area contributed by atoms with Gasteiger partial charge in [-0.15, -0.1) is 0 Å². The highest BCUT2D eigenvalue weighted by atomic mass is 32.1. The Hall–Kier alpha value is -2.04. The first-order valence-corrected chi connectivity index (χ1v) is 12.7. The summed E-state index contributed by atoms with van der Waals surface area (Å²) in [7, 11) is -1.85. The van der Waals surface area contributed by atoms with Gasteiger partial charge in [0.25, 0.3) is 5.71 Å². The molecule has 0 unspecified atom stereocenters. The molecule has 10 heteroatoms. The summed E-state index contributed by atoms with van der Waals surface area (Å²) in [4.78, 5) is 2.41. The zero-order chi connectivity index (χ0) is 25.6. The molecule has 0 aliphatic carbocycles. The molecule has 0 aromatic carbocycles. The summed E-state index contributed by atoms with van der Waals surface area (Å²) >= 11 is 17.3. The molecule has 0 spiro atoms. The van der Waals surface area contributed by atoms with Crippen molar-refractivity contribution in [2.24, 2.45) is 5.41 Å². The SMILES string of the molecule is CC(C)(C)C1=[N+]N([BH-](n2nc(C(C)(C)C)ccc2=S)n2nc(C(C)(C)C)ccc2=S)C(=S)C=C1. The van der Waals surface area contributed by atoms with Crippen molar-refractivity contribution in [1.29, 1.82) is 0 Å². The monoisotopic (exact) mass is 513 g/mol. The van der Waals surface area contributed by atoms with Crippen molar-refractivity contribution < 1.29 is 0 Å². The highest BCUT2D eigenvalue weighted by Gasteiger charge is 2.37. The molecule has 0 amide bonds. The van der Waals surface area contributed by atoms with Crippen LogP contribution in [0.25, 0.3) is 0 Å². The van der Waals surface area contributed by atoms with Gasteiger partial charge in [0.05, 0.1) is 26.1 Å². The summed E-state index contributed by atoms with van der Waals surface area (Å²) in [5.41, 5.74) is 2.23. The first-order valence-electron chi connectivity index (χ1n) is 11.5. The Balaban J connectivity index is 2.37. The van der Waals surface area contributed by atoms with E-state index in [4.69, 9.17) is 52.0 Å². The molecule has 0 bridgehead atoms. The average Bonchev–Trinajstić information content (AvgIpc) is 2.69. The number of aromatic nitrogens is 4. The minimum atomic E-state index is -1.85. The molecule has 3 rings (SSSR count). The maximum absolute atomic E-state index is 5.78. The van der Waals surface area contributed by atoms with Crippen LogP contribution in [0.3, 0.4) is 0 Å². The predicted molar refractivity (Wildman–Crippen MR) is 152 cm³/mol. The van der Waals surface area contributed by atoms with E-state index >= 15 is 0 Å². The van der Waals surface area contributed by atoms with Gasteiger partial charge in [-0.25, -0.2) is 15.1 Å². The lowest BCUT2D eigenvalue weighted by atomic mass is 9.87. The van der Waals surface area contributed by atoms with Crippen molar-refractivity contribution in [3.63, 3.8) is 0 Å². The van der Waals surface area contributed by atoms with Crippen molar-refractivity contribution in [2.75, 3.05) is 0 Å². The minimum Gasteiger partial charge on any atom is -0.385 e. The van der Waals surface area contributed by atoms with Crippen molar-refractivity contribution in [3.05, 3.63) is 57.1 Å². The summed E-state index contributed by atoms with van der Waals surface area (Å²) in [5, 5.41) is 15.0. The standard InChI is InChI=1S/C24H34BN6S3/c1-22(2,3)16-10-13-19(32)29(26-16)25(30-20(33)14-11-17(27-30)23(4,5)6)31-21(34)15-12-18(28-31)24(7,8)9/h10-15,25H,1-9H3. The number of nitrogens with zero attached hydrogens (tertiary/aromatic N) is 6. The topological polar surface area (TPSA) is 53.0 Å². The molecule has 0 atom stereocenters. The largest absolute Gasteiger partial charge is 0.385 e. The molecule has 1 aliphatic rings. The Morgan fingerprint density at radius 3 is 1.50 bits per heavy atom. The van der Waals surface area contributed by atoms with Crippen LogP contribution >= 0.6 is 36.7 Å². The molecule has 6 nitrogen and oxygen atoms in total. The van der Waals surface area contributed by atoms with Gasteiger partial charge in [0.15, 0.2) is 0 Å². The minimum absolute atomic E-state index is 0.168. The Bertz CT molecular complexity index is 1210. The second-order valence-electron chi connectivity index (χ2n) is 11.8. The van der Waals surface area contributed by atoms with Crippen LogP contribution in [0.15, 0.2) is 36.4 Å². The summed E-state index contributed by atoms with van der Waals surface area (Å²) in [5.74, 6) is 0. The van der Waals surface area contributed by atoms with Crippen molar-refractivity contribution >= 4 is 54.5 Å². The molecule has 2 aromatic heterocycles. The van der Waals surface area contributed by atoms with Gasteiger partial charge in [0.2, 0.25) is 0 Å². The number of allylic oxidation sites excluding steroid dienone is 1. The normalized spacial score (nSPS) is 15.2. The molecule has 0 N–H and O–H groups in total. The fourth-order valence-corrected chi connectivity index (χ4v) is 4.21. The van der Waals surface area contributed by atoms with Crippen LogP contribution in [0.1, 0.15) is 73.7 Å². The highest BCUT2D eigenvalue weighted by molar-refractivity contribution is 7.80. The third-order valence-corrected chi connectivity index (χ3v) is 6.75. The van der Waals surface area contributed by atoms with E-state index < -0.39 is 7.12 Å². The number of rotatable bonds is 3. The highest BCUT2D eigenvalue weighted by Crippen LogP contribution is 2.23. The van der Waals surface area contributed by atoms with Crippen molar-refractivity contribution in [2.45, 2.75) is 73.1 Å². The van der Waals surface area contributed by atoms with Crippen LogP contribution in [0, 0.1) is 14.7 Å². The van der Waals surface area contributed by atoms with E-state index in [0.717, 1.165) is 17.1 Å². The predicted octanol–water partition coefficient (Wildman–Crippen LogP) is 5.18. The fourth-order valence-electron chi connectivity index (χ4n) is 3.54. The third-order valence-electron chi connectivity index (χ3n) is 5.71. The van der Waals surface area contributed by atoms with E-state index in [0.29, 0.717) is 14.3 Å². The maximum atomic E-state index is 5.78. The zero-order valence-corrected chi connectivity index (χ0v) is 24.0. The second kappa shape index (κ2) is 9.20. The molecule has 0 fully saturated rings. The maximum Gasteiger partial charge on any atom is 0.378 e. The lowest BCUT2D eigenvalue weighted by Crippen LogP contribution is -2.58. The summed E-state index contributed by atoms with van der Waals surface area (Å²) in [6.07, 6.45) is 3.89. The summed E-state index contributed by atoms with van der Waals surface area (Å²) in [6.45, 7) is 19.1. The Morgan fingerprint density at radius 2 is 1.12 bits per heavy atom. The molecule has 1 aliphatic heterocycles. The molecule has 1 radical (unpaired) electrons. The van der Waals surface area contributed by atoms with Crippen LogP contribution in [-0.4, -0.2) is 42.1 Å². The number of hydrogen-bond donors (Lipinski definition) is 0. The summed E-state index contributed by atoms with van der Waals surface area (Å²) in [6, 6.07) is 7.78. The van der Waals surface area contributed by atoms with E-state index in [2.05, 4.69) is 62.3 Å². The average molecular weight is 514 g/mol. The van der Waals surface area contributed by atoms with Gasteiger partial charge in [-0.2, -0.15) is 0 Å². The van der Waals surface area contributed by atoms with E-state index in [1.807, 2.05) is 50.5 Å². The molecule has 0 saturated heterocycles. The molecule has 2 aromatic rings. The van der Waals surface area contributed by atoms with E-state index in [9.17, 15) is 0 Å². The van der Waals surface area contributed by atoms with Crippen LogP contribution < -0.4 is 5.10 Å². The van der Waals surface area contributed by atoms with Crippen LogP contribution in [-0.2, 0) is 10.8 Å². The van der Waals surface area contributed by atoms with Gasteiger partial charge >= 0.3 is 7.12 Å². The molecule has 181 valence electrons. The Morgan fingerprint density at radius 1 is 0.676 bits per heavy atom. The lowest BCUT2D eigenvalue weighted by molar-refractivity contribution is 0.495. The first-order chi connectivity index (χ1) is 15.5. The summed E-state index contributed by atoms with van der Waals surface area (Å²) < 4.78 is 4.81. The molecule has 3 heterocycles. The van der Waals surface area contributed by atoms with E-state index in [1.54, 1.807) is 0 Å². The van der Waals surface area contributed by atoms with Crippen molar-refractivity contribution in [1.82, 2.24) is 29.4 Å².